The van der Waals surface area contributed by atoms with Gasteiger partial charge >= 0.3 is 117 Å². The molecule has 1 spiro atoms. The summed E-state index contributed by atoms with van der Waals surface area (Å²) in [7, 11) is 2.03. The molecule has 4 radical (unpaired) electrons. The van der Waals surface area contributed by atoms with Crippen LogP contribution in [0.5, 0.6) is 0 Å². The van der Waals surface area contributed by atoms with Gasteiger partial charge in [-0.05, 0) is 5.04 Å². The van der Waals surface area contributed by atoms with Crippen LogP contribution in [-0.4, -0.2) is 55.0 Å². The maximum absolute atomic E-state index is 5.93. The summed E-state index contributed by atoms with van der Waals surface area (Å²) in [4.78, 5) is 0. The average Bonchev–Trinajstić information content (AvgIpc) is 2.58. The molecule has 1 nitrogen and oxygen atoms in total. The normalized spacial score (nSPS) is 38.3. The average molecular weight is 614 g/mol. The second kappa shape index (κ2) is 10.6. The summed E-state index contributed by atoms with van der Waals surface area (Å²) in [5.41, 5.74) is 0. The first-order valence-electron chi connectivity index (χ1n) is 11.5. The molecule has 0 N–H and O–H groups in total. The fourth-order valence-corrected chi connectivity index (χ4v) is 13.7. The molecule has 4 heteroatoms. The third kappa shape index (κ3) is 6.06. The fraction of sp³-hybridized carbons (Fsp3) is 0.917. The molecule has 5 aliphatic rings. The summed E-state index contributed by atoms with van der Waals surface area (Å²) in [6.45, 7) is 18.4. The van der Waals surface area contributed by atoms with Crippen LogP contribution in [0.4, 0.5) is 0 Å². The molecule has 1 atom stereocenters. The Kier molecular flexibility index (Phi) is 9.57. The first-order chi connectivity index (χ1) is 13.0. The van der Waals surface area contributed by atoms with Crippen LogP contribution in [0.25, 0.3) is 0 Å². The topological polar surface area (TPSA) is 9.23 Å². The molecule has 1 unspecified atom stereocenters. The van der Waals surface area contributed by atoms with Crippen molar-refractivity contribution in [3.8, 4) is 0 Å². The smallest absolute Gasteiger partial charge is 0.0470 e. The maximum atomic E-state index is 5.93. The van der Waals surface area contributed by atoms with E-state index in [1.54, 1.807) is 32.1 Å². The molecule has 28 heavy (non-hydrogen) atoms. The molecular weight excluding hydrogens is 568 g/mol. The van der Waals surface area contributed by atoms with E-state index in [2.05, 4.69) is 65.7 Å². The molecule has 4 saturated carbocycles. The number of hydrogen-bond acceptors (Lipinski definition) is 1. The summed E-state index contributed by atoms with van der Waals surface area (Å²) in [5, 5.41) is 0.602. The third-order valence-corrected chi connectivity index (χ3v) is 18.9. The zero-order valence-corrected chi connectivity index (χ0v) is 26.1. The van der Waals surface area contributed by atoms with Gasteiger partial charge in [0.2, 0.25) is 0 Å². The predicted octanol–water partition coefficient (Wildman–Crippen LogP) is 7.22. The first kappa shape index (κ1) is 25.3. The van der Waals surface area contributed by atoms with Crippen molar-refractivity contribution in [3.63, 3.8) is 0 Å². The molecule has 1 heterocycles. The Morgan fingerprint density at radius 2 is 1.32 bits per heavy atom. The van der Waals surface area contributed by atoms with Crippen molar-refractivity contribution in [2.24, 2.45) is 23.7 Å². The van der Waals surface area contributed by atoms with E-state index in [0.29, 0.717) is 11.1 Å². The summed E-state index contributed by atoms with van der Waals surface area (Å²) in [6.07, 6.45) is 13.2. The molecule has 0 aromatic rings. The molecule has 5 rings (SSSR count). The predicted molar refractivity (Wildman–Crippen MR) is 131 cm³/mol. The van der Waals surface area contributed by atoms with E-state index in [9.17, 15) is 0 Å². The largest absolute Gasteiger partial charge is 0.0715 e. The van der Waals surface area contributed by atoms with Crippen molar-refractivity contribution in [2.75, 3.05) is 7.11 Å². The molecule has 4 aliphatic carbocycles. The molecule has 1 aliphatic heterocycles. The second-order valence-corrected chi connectivity index (χ2v) is 24.3. The third-order valence-electron chi connectivity index (χ3n) is 7.55. The first-order valence-corrected chi connectivity index (χ1v) is 21.7. The zero-order valence-electron chi connectivity index (χ0n) is 20.2. The van der Waals surface area contributed by atoms with E-state index in [-0.39, 0.29) is 17.6 Å². The van der Waals surface area contributed by atoms with Gasteiger partial charge in [-0.25, -0.2) is 0 Å². The van der Waals surface area contributed by atoms with Crippen LogP contribution in [0, 0.1) is 23.7 Å². The Hall–Kier alpha value is 1.06. The molecule has 0 aromatic heterocycles. The maximum Gasteiger partial charge on any atom is 0.0470 e. The molecule has 0 aromatic carbocycles. The van der Waals surface area contributed by atoms with E-state index in [4.69, 9.17) is 4.74 Å². The number of allylic oxidation sites excluding steroid dienone is 1. The van der Waals surface area contributed by atoms with E-state index in [1.165, 1.54) is 3.98 Å². The van der Waals surface area contributed by atoms with Crippen LogP contribution in [0.15, 0.2) is 12.2 Å². The van der Waals surface area contributed by atoms with Crippen LogP contribution in [-0.2, 0) is 4.74 Å². The van der Waals surface area contributed by atoms with Crippen LogP contribution in [0.3, 0.4) is 0 Å². The van der Waals surface area contributed by atoms with Gasteiger partial charge in [-0.15, -0.1) is 0 Å². The number of hydrogen-bond donors (Lipinski definition) is 0. The van der Waals surface area contributed by atoms with Gasteiger partial charge in [0.1, 0.15) is 0 Å². The van der Waals surface area contributed by atoms with Crippen molar-refractivity contribution in [3.05, 3.63) is 12.2 Å². The Morgan fingerprint density at radius 1 is 0.893 bits per heavy atom. The van der Waals surface area contributed by atoms with Gasteiger partial charge in [0.15, 0.2) is 0 Å². The Bertz CT molecular complexity index is 478. The molecule has 0 saturated heterocycles. The van der Waals surface area contributed by atoms with Crippen molar-refractivity contribution < 1.29 is 4.74 Å². The van der Waals surface area contributed by atoms with Gasteiger partial charge in [0.05, 0.1) is 0 Å². The van der Waals surface area contributed by atoms with E-state index >= 15 is 0 Å². The van der Waals surface area contributed by atoms with Crippen molar-refractivity contribution in [1.29, 1.82) is 0 Å². The molecule has 4 bridgehead atoms. The minimum Gasteiger partial charge on any atom is -0.0715 e. The molecular formula is C24H46OPbSi2. The Balaban J connectivity index is 0.000000215. The minimum absolute atomic E-state index is 0.0502. The summed E-state index contributed by atoms with van der Waals surface area (Å²) >= 11 is -0.519. The summed E-state index contributed by atoms with van der Waals surface area (Å²) < 4.78 is 8.15. The van der Waals surface area contributed by atoms with Crippen molar-refractivity contribution >= 4 is 41.8 Å². The molecule has 0 amide bonds. The monoisotopic (exact) mass is 614 g/mol. The van der Waals surface area contributed by atoms with Gasteiger partial charge in [-0.1, -0.05) is 53.5 Å². The number of methoxy groups -OCH3 is 1. The van der Waals surface area contributed by atoms with E-state index in [0.717, 1.165) is 26.6 Å². The Morgan fingerprint density at radius 3 is 1.68 bits per heavy atom. The van der Waals surface area contributed by atoms with Gasteiger partial charge in [-0.2, -0.15) is 0 Å². The summed E-state index contributed by atoms with van der Waals surface area (Å²) in [5.74, 6) is 4.35. The van der Waals surface area contributed by atoms with Crippen molar-refractivity contribution in [1.82, 2.24) is 0 Å². The number of ether oxygens (including phenoxy) is 1. The number of rotatable bonds is 1. The van der Waals surface area contributed by atoms with Gasteiger partial charge in [0, 0.05) is 17.6 Å². The fourth-order valence-electron chi connectivity index (χ4n) is 5.68. The standard InChI is InChI=1S/C15H22O.C6H15Si.C3H9Si.Pb/c1-3-4-14(16-2)15-12-6-10-5-11(8-12)9-13(15)7-10;1-6(2,3)7(4)5;1-4(2)3;/h3-4,10-14H,1,5-9H2,2H3;1-5H3;1-3H3;. The van der Waals surface area contributed by atoms with E-state index < -0.39 is 24.2 Å². The summed E-state index contributed by atoms with van der Waals surface area (Å²) in [6, 6.07) is 0. The van der Waals surface area contributed by atoms with Gasteiger partial charge in [-0.3, -0.25) is 0 Å². The van der Waals surface area contributed by atoms with Crippen LogP contribution in [0.2, 0.25) is 44.7 Å². The quantitative estimate of drug-likeness (QED) is 0.224. The van der Waals surface area contributed by atoms with Crippen LogP contribution < -0.4 is 0 Å². The Labute approximate surface area is 192 Å². The SMILES string of the molecule is COC1C=C[CH2][Pb][C]12C1CC3CC(C1)CC2C3.C[Si](C)C.C[Si](C)C(C)(C)C. The van der Waals surface area contributed by atoms with Crippen LogP contribution in [0.1, 0.15) is 52.9 Å². The van der Waals surface area contributed by atoms with Crippen LogP contribution >= 0.6 is 0 Å². The molecule has 4 fully saturated rings. The minimum atomic E-state index is -0.519. The van der Waals surface area contributed by atoms with Gasteiger partial charge in [0.25, 0.3) is 0 Å². The van der Waals surface area contributed by atoms with E-state index in [1.807, 2.05) is 7.11 Å². The van der Waals surface area contributed by atoms with Crippen molar-refractivity contribution in [2.45, 2.75) is 104 Å². The molecule has 160 valence electrons. The zero-order chi connectivity index (χ0) is 21.1. The second-order valence-electron chi connectivity index (χ2n) is 11.5. The van der Waals surface area contributed by atoms with Gasteiger partial charge < -0.3 is 0 Å².